The molecule has 5 heteroatoms. The van der Waals surface area contributed by atoms with E-state index >= 15 is 0 Å². The molecular formula is C20H34O5. The Bertz CT molecular complexity index is 489. The lowest BCUT2D eigenvalue weighted by atomic mass is 9.92. The van der Waals surface area contributed by atoms with Crippen LogP contribution in [0.5, 0.6) is 0 Å². The number of hydrogen-bond acceptors (Lipinski definition) is 5. The lowest BCUT2D eigenvalue weighted by Crippen LogP contribution is -2.16. The molecular weight excluding hydrogens is 320 g/mol. The summed E-state index contributed by atoms with van der Waals surface area (Å²) in [5.74, 6) is -0.0184. The first-order valence-corrected chi connectivity index (χ1v) is 9.14. The van der Waals surface area contributed by atoms with Crippen molar-refractivity contribution >= 4 is 5.78 Å². The van der Waals surface area contributed by atoms with Gasteiger partial charge < -0.3 is 20.1 Å². The molecule has 25 heavy (non-hydrogen) atoms. The predicted octanol–water partition coefficient (Wildman–Crippen LogP) is 2.54. The Kier molecular flexibility index (Phi) is 8.48. The highest BCUT2D eigenvalue weighted by molar-refractivity contribution is 5.91. The van der Waals surface area contributed by atoms with Gasteiger partial charge in [-0.15, -0.1) is 0 Å². The second-order valence-electron chi connectivity index (χ2n) is 7.84. The minimum absolute atomic E-state index is 0.0260. The van der Waals surface area contributed by atoms with E-state index in [0.29, 0.717) is 0 Å². The van der Waals surface area contributed by atoms with Crippen LogP contribution in [0.3, 0.4) is 0 Å². The Morgan fingerprint density at radius 2 is 2.04 bits per heavy atom. The Morgan fingerprint density at radius 1 is 1.36 bits per heavy atom. The van der Waals surface area contributed by atoms with Gasteiger partial charge in [0.2, 0.25) is 0 Å². The molecule has 0 amide bonds. The van der Waals surface area contributed by atoms with Gasteiger partial charge in [0.25, 0.3) is 0 Å². The Morgan fingerprint density at radius 3 is 2.60 bits per heavy atom. The monoisotopic (exact) mass is 354 g/mol. The van der Waals surface area contributed by atoms with Gasteiger partial charge in [-0.25, -0.2) is 0 Å². The summed E-state index contributed by atoms with van der Waals surface area (Å²) in [7, 11) is 0. The van der Waals surface area contributed by atoms with E-state index in [-0.39, 0.29) is 36.6 Å². The van der Waals surface area contributed by atoms with Gasteiger partial charge in [-0.1, -0.05) is 19.1 Å². The van der Waals surface area contributed by atoms with Crippen LogP contribution in [0.1, 0.15) is 59.8 Å². The number of aliphatic hydroxyl groups excluding tert-OH is 2. The number of ketones is 1. The number of carbonyl (C=O) groups is 1. The van der Waals surface area contributed by atoms with Crippen molar-refractivity contribution in [2.75, 3.05) is 13.2 Å². The van der Waals surface area contributed by atoms with Gasteiger partial charge in [0, 0.05) is 5.92 Å². The van der Waals surface area contributed by atoms with Crippen molar-refractivity contribution in [2.45, 2.75) is 77.1 Å². The zero-order chi connectivity index (χ0) is 19.1. The summed E-state index contributed by atoms with van der Waals surface area (Å²) in [6.45, 7) is 7.22. The standard InChI is InChI=1S/C20H34O5/c1-15(17(23)9-12-19(2,3)24)6-5-11-20(4)18(25-20)8-7-16(14-22)10-13-21/h9-10,12,15,18,21-22,24H,5-8,11,13-14H2,1-4H3/b12-9+,16-10-. The summed E-state index contributed by atoms with van der Waals surface area (Å²) < 4.78 is 5.81. The SMILES string of the molecule is CC(CCCC1(C)OC1CC/C(=C/CO)CO)C(=O)/C=C/C(C)(C)O. The lowest BCUT2D eigenvalue weighted by Gasteiger charge is -2.12. The van der Waals surface area contributed by atoms with Gasteiger partial charge in [0.1, 0.15) is 0 Å². The average molecular weight is 354 g/mol. The maximum Gasteiger partial charge on any atom is 0.158 e. The summed E-state index contributed by atoms with van der Waals surface area (Å²) in [6, 6.07) is 0. The summed E-state index contributed by atoms with van der Waals surface area (Å²) in [5.41, 5.74) is -0.250. The van der Waals surface area contributed by atoms with E-state index in [1.807, 2.05) is 6.92 Å². The highest BCUT2D eigenvalue weighted by Gasteiger charge is 2.50. The smallest absolute Gasteiger partial charge is 0.158 e. The molecule has 3 N–H and O–H groups in total. The van der Waals surface area contributed by atoms with Crippen LogP contribution >= 0.6 is 0 Å². The molecule has 0 aromatic rings. The van der Waals surface area contributed by atoms with Crippen LogP contribution in [0.25, 0.3) is 0 Å². The number of hydrogen-bond donors (Lipinski definition) is 3. The molecule has 1 fully saturated rings. The first-order chi connectivity index (χ1) is 11.6. The van der Waals surface area contributed by atoms with E-state index in [1.54, 1.807) is 19.9 Å². The van der Waals surface area contributed by atoms with Crippen molar-refractivity contribution in [1.29, 1.82) is 0 Å². The summed E-state index contributed by atoms with van der Waals surface area (Å²) in [6.07, 6.45) is 9.03. The van der Waals surface area contributed by atoms with Crippen LogP contribution in [-0.4, -0.2) is 51.6 Å². The van der Waals surface area contributed by atoms with Gasteiger partial charge in [-0.2, -0.15) is 0 Å². The third kappa shape index (κ3) is 8.27. The molecule has 144 valence electrons. The van der Waals surface area contributed by atoms with Gasteiger partial charge in [0.05, 0.1) is 30.5 Å². The number of aliphatic hydroxyl groups is 3. The molecule has 0 radical (unpaired) electrons. The molecule has 3 unspecified atom stereocenters. The first kappa shape index (κ1) is 22.0. The summed E-state index contributed by atoms with van der Waals surface area (Å²) in [5, 5.41) is 27.7. The predicted molar refractivity (Wildman–Crippen MR) is 98.2 cm³/mol. The summed E-state index contributed by atoms with van der Waals surface area (Å²) >= 11 is 0. The van der Waals surface area contributed by atoms with Crippen molar-refractivity contribution in [2.24, 2.45) is 5.92 Å². The lowest BCUT2D eigenvalue weighted by molar-refractivity contribution is -0.118. The quantitative estimate of drug-likeness (QED) is 0.285. The van der Waals surface area contributed by atoms with Crippen LogP contribution in [0.2, 0.25) is 0 Å². The molecule has 1 aliphatic rings. The number of ether oxygens (including phenoxy) is 1. The van der Waals surface area contributed by atoms with Gasteiger partial charge >= 0.3 is 0 Å². The third-order valence-electron chi connectivity index (χ3n) is 4.80. The maximum absolute atomic E-state index is 12.0. The van der Waals surface area contributed by atoms with E-state index in [4.69, 9.17) is 9.84 Å². The molecule has 3 atom stereocenters. The molecule has 0 aromatic carbocycles. The van der Waals surface area contributed by atoms with E-state index in [2.05, 4.69) is 6.92 Å². The number of carbonyl (C=O) groups excluding carboxylic acids is 1. The molecule has 0 spiro atoms. The largest absolute Gasteiger partial charge is 0.392 e. The van der Waals surface area contributed by atoms with E-state index < -0.39 is 5.60 Å². The fourth-order valence-corrected chi connectivity index (χ4v) is 2.92. The Labute approximate surface area is 151 Å². The van der Waals surface area contributed by atoms with Gasteiger partial charge in [0.15, 0.2) is 5.78 Å². The average Bonchev–Trinajstić information content (AvgIpc) is 3.18. The second kappa shape index (κ2) is 9.62. The molecule has 1 aliphatic heterocycles. The number of epoxide rings is 1. The zero-order valence-electron chi connectivity index (χ0n) is 16.0. The van der Waals surface area contributed by atoms with Crippen molar-refractivity contribution in [3.8, 4) is 0 Å². The van der Waals surface area contributed by atoms with Gasteiger partial charge in [-0.05, 0) is 64.5 Å². The van der Waals surface area contributed by atoms with Crippen LogP contribution in [-0.2, 0) is 9.53 Å². The number of allylic oxidation sites excluding steroid dienone is 1. The molecule has 0 aromatic heterocycles. The minimum atomic E-state index is -0.962. The normalized spacial score (nSPS) is 25.4. The molecule has 0 aliphatic carbocycles. The molecule has 1 heterocycles. The van der Waals surface area contributed by atoms with Gasteiger partial charge in [-0.3, -0.25) is 4.79 Å². The Hall–Kier alpha value is -1.01. The van der Waals surface area contributed by atoms with Crippen molar-refractivity contribution in [3.05, 3.63) is 23.8 Å². The fourth-order valence-electron chi connectivity index (χ4n) is 2.92. The topological polar surface area (TPSA) is 90.3 Å². The van der Waals surface area contributed by atoms with E-state index in [0.717, 1.165) is 37.7 Å². The zero-order valence-corrected chi connectivity index (χ0v) is 16.0. The van der Waals surface area contributed by atoms with E-state index in [1.165, 1.54) is 12.2 Å². The molecule has 5 nitrogen and oxygen atoms in total. The highest BCUT2D eigenvalue weighted by Crippen LogP contribution is 2.43. The van der Waals surface area contributed by atoms with E-state index in [9.17, 15) is 15.0 Å². The van der Waals surface area contributed by atoms with Crippen molar-refractivity contribution in [3.63, 3.8) is 0 Å². The minimum Gasteiger partial charge on any atom is -0.392 e. The third-order valence-corrected chi connectivity index (χ3v) is 4.80. The van der Waals surface area contributed by atoms with Crippen LogP contribution < -0.4 is 0 Å². The first-order valence-electron chi connectivity index (χ1n) is 9.14. The molecule has 1 rings (SSSR count). The maximum atomic E-state index is 12.0. The number of rotatable bonds is 12. The van der Waals surface area contributed by atoms with Crippen molar-refractivity contribution < 1.29 is 24.9 Å². The fraction of sp³-hybridized carbons (Fsp3) is 0.750. The summed E-state index contributed by atoms with van der Waals surface area (Å²) in [4.78, 5) is 12.0. The van der Waals surface area contributed by atoms with Crippen LogP contribution in [0.4, 0.5) is 0 Å². The second-order valence-corrected chi connectivity index (χ2v) is 7.84. The van der Waals surface area contributed by atoms with Crippen molar-refractivity contribution in [1.82, 2.24) is 0 Å². The molecule has 1 saturated heterocycles. The Balaban J connectivity index is 2.29. The molecule has 0 saturated carbocycles. The molecule has 0 bridgehead atoms. The van der Waals surface area contributed by atoms with Crippen LogP contribution in [0, 0.1) is 5.92 Å². The highest BCUT2D eigenvalue weighted by atomic mass is 16.6. The van der Waals surface area contributed by atoms with Crippen LogP contribution in [0.15, 0.2) is 23.8 Å².